The molecule has 1 aromatic carbocycles. The summed E-state index contributed by atoms with van der Waals surface area (Å²) in [7, 11) is 2.18. The van der Waals surface area contributed by atoms with Crippen molar-refractivity contribution in [3.8, 4) is 11.3 Å². The van der Waals surface area contributed by atoms with Gasteiger partial charge in [-0.25, -0.2) is 0 Å². The van der Waals surface area contributed by atoms with Gasteiger partial charge in [0.2, 0.25) is 5.91 Å². The molecule has 34 heavy (non-hydrogen) atoms. The molecule has 2 aliphatic carbocycles. The van der Waals surface area contributed by atoms with E-state index in [-0.39, 0.29) is 5.91 Å². The second kappa shape index (κ2) is 10.0. The maximum atomic E-state index is 11.2. The first-order valence-electron chi connectivity index (χ1n) is 13.2. The van der Waals surface area contributed by atoms with Crippen LogP contribution in [0.4, 0.5) is 11.5 Å². The van der Waals surface area contributed by atoms with Gasteiger partial charge in [0.15, 0.2) is 5.82 Å². The molecule has 6 nitrogen and oxygen atoms in total. The van der Waals surface area contributed by atoms with Crippen LogP contribution in [0.3, 0.4) is 0 Å². The Morgan fingerprint density at radius 2 is 1.74 bits per heavy atom. The van der Waals surface area contributed by atoms with Gasteiger partial charge in [0.1, 0.15) is 0 Å². The van der Waals surface area contributed by atoms with Crippen LogP contribution in [-0.4, -0.2) is 53.7 Å². The molecule has 5 rings (SSSR count). The predicted molar refractivity (Wildman–Crippen MR) is 138 cm³/mol. The molecule has 0 unspecified atom stereocenters. The number of nitrogens with one attached hydrogen (secondary N) is 1. The van der Waals surface area contributed by atoms with Crippen molar-refractivity contribution in [1.29, 1.82) is 0 Å². The number of amides is 1. The van der Waals surface area contributed by atoms with E-state index in [1.54, 1.807) is 0 Å². The van der Waals surface area contributed by atoms with Crippen molar-refractivity contribution in [2.24, 2.45) is 11.3 Å². The first-order valence-corrected chi connectivity index (χ1v) is 13.2. The fourth-order valence-corrected chi connectivity index (χ4v) is 6.26. The monoisotopic (exact) mass is 461 g/mol. The molecule has 1 aliphatic heterocycles. The van der Waals surface area contributed by atoms with E-state index in [2.05, 4.69) is 44.5 Å². The third-order valence-electron chi connectivity index (χ3n) is 8.47. The highest BCUT2D eigenvalue weighted by Crippen LogP contribution is 2.56. The molecule has 6 heteroatoms. The van der Waals surface area contributed by atoms with Crippen molar-refractivity contribution in [2.75, 3.05) is 36.9 Å². The van der Waals surface area contributed by atoms with Crippen molar-refractivity contribution in [3.05, 3.63) is 36.4 Å². The highest BCUT2D eigenvalue weighted by molar-refractivity contribution is 5.88. The molecule has 2 heterocycles. The predicted octanol–water partition coefficient (Wildman–Crippen LogP) is 5.36. The topological polar surface area (TPSA) is 61.4 Å². The second-order valence-electron chi connectivity index (χ2n) is 10.9. The molecule has 0 bridgehead atoms. The van der Waals surface area contributed by atoms with Crippen molar-refractivity contribution < 1.29 is 4.79 Å². The number of anilines is 2. The van der Waals surface area contributed by atoms with E-state index in [1.807, 2.05) is 24.3 Å². The van der Waals surface area contributed by atoms with E-state index in [0.717, 1.165) is 28.7 Å². The summed E-state index contributed by atoms with van der Waals surface area (Å²) in [6.45, 7) is 5.37. The van der Waals surface area contributed by atoms with Gasteiger partial charge in [-0.15, -0.1) is 10.2 Å². The average molecular weight is 462 g/mol. The molecule has 3 fully saturated rings. The van der Waals surface area contributed by atoms with Crippen LogP contribution in [0.5, 0.6) is 0 Å². The van der Waals surface area contributed by atoms with Crippen LogP contribution in [0.1, 0.15) is 64.7 Å². The molecule has 1 saturated heterocycles. The SMILES string of the molecule is CC(=O)Nc1ccc(-c2ccc(N(C)[C@@H]3CC34CCN(CC3CCCCCC3)CC4)nn2)cc1. The third kappa shape index (κ3) is 5.27. The van der Waals surface area contributed by atoms with Crippen LogP contribution < -0.4 is 10.2 Å². The fraction of sp³-hybridized carbons (Fsp3) is 0.607. The maximum Gasteiger partial charge on any atom is 0.221 e. The minimum Gasteiger partial charge on any atom is -0.355 e. The molecule has 2 saturated carbocycles. The molecular formula is C28H39N5O. The second-order valence-corrected chi connectivity index (χ2v) is 10.9. The molecule has 1 aromatic heterocycles. The van der Waals surface area contributed by atoms with Crippen molar-refractivity contribution in [3.63, 3.8) is 0 Å². The fourth-order valence-electron chi connectivity index (χ4n) is 6.26. The van der Waals surface area contributed by atoms with E-state index >= 15 is 0 Å². The lowest BCUT2D eigenvalue weighted by atomic mass is 9.91. The number of nitrogens with zero attached hydrogens (tertiary/aromatic N) is 4. The minimum absolute atomic E-state index is 0.0666. The van der Waals surface area contributed by atoms with Gasteiger partial charge in [0, 0.05) is 37.8 Å². The summed E-state index contributed by atoms with van der Waals surface area (Å²) in [5.41, 5.74) is 3.12. The normalized spacial score (nSPS) is 22.8. The number of carbonyl (C=O) groups is 1. The Balaban J connectivity index is 1.14. The Morgan fingerprint density at radius 3 is 2.35 bits per heavy atom. The summed E-state index contributed by atoms with van der Waals surface area (Å²) in [5, 5.41) is 11.9. The van der Waals surface area contributed by atoms with Gasteiger partial charge in [-0.05, 0) is 80.8 Å². The molecule has 1 N–H and O–H groups in total. The number of piperidine rings is 1. The Hall–Kier alpha value is -2.47. The molecule has 1 amide bonds. The molecular weight excluding hydrogens is 422 g/mol. The Bertz CT molecular complexity index is 957. The van der Waals surface area contributed by atoms with Crippen molar-refractivity contribution >= 4 is 17.4 Å². The quantitative estimate of drug-likeness (QED) is 0.587. The summed E-state index contributed by atoms with van der Waals surface area (Å²) in [6, 6.07) is 12.5. The molecule has 1 spiro atoms. The van der Waals surface area contributed by atoms with Crippen molar-refractivity contribution in [2.45, 2.75) is 70.8 Å². The number of benzene rings is 1. The largest absolute Gasteiger partial charge is 0.355 e. The summed E-state index contributed by atoms with van der Waals surface area (Å²) < 4.78 is 0. The third-order valence-corrected chi connectivity index (χ3v) is 8.47. The zero-order chi connectivity index (χ0) is 23.5. The molecule has 2 aromatic rings. The highest BCUT2D eigenvalue weighted by Gasteiger charge is 2.57. The number of hydrogen-bond donors (Lipinski definition) is 1. The van der Waals surface area contributed by atoms with Gasteiger partial charge < -0.3 is 15.1 Å². The lowest BCUT2D eigenvalue weighted by molar-refractivity contribution is -0.114. The van der Waals surface area contributed by atoms with Crippen LogP contribution in [0.25, 0.3) is 11.3 Å². The van der Waals surface area contributed by atoms with Crippen LogP contribution in [0.15, 0.2) is 36.4 Å². The lowest BCUT2D eigenvalue weighted by Gasteiger charge is -2.36. The van der Waals surface area contributed by atoms with Gasteiger partial charge in [-0.1, -0.05) is 37.8 Å². The first-order chi connectivity index (χ1) is 16.5. The average Bonchev–Trinajstić information content (AvgIpc) is 3.60. The molecule has 1 atom stereocenters. The first kappa shape index (κ1) is 23.3. The summed E-state index contributed by atoms with van der Waals surface area (Å²) in [4.78, 5) is 16.3. The zero-order valence-corrected chi connectivity index (χ0v) is 20.8. The summed E-state index contributed by atoms with van der Waals surface area (Å²) in [6.07, 6.45) is 12.6. The van der Waals surface area contributed by atoms with Crippen LogP contribution >= 0.6 is 0 Å². The van der Waals surface area contributed by atoms with E-state index < -0.39 is 0 Å². The number of carbonyl (C=O) groups excluding carboxylic acids is 1. The smallest absolute Gasteiger partial charge is 0.221 e. The van der Waals surface area contributed by atoms with E-state index in [1.165, 1.54) is 84.3 Å². The number of rotatable bonds is 6. The summed E-state index contributed by atoms with van der Waals surface area (Å²) >= 11 is 0. The van der Waals surface area contributed by atoms with E-state index in [4.69, 9.17) is 0 Å². The van der Waals surface area contributed by atoms with Gasteiger partial charge >= 0.3 is 0 Å². The van der Waals surface area contributed by atoms with Gasteiger partial charge in [-0.3, -0.25) is 4.79 Å². The Labute approximate surface area is 204 Å². The van der Waals surface area contributed by atoms with E-state index in [0.29, 0.717) is 11.5 Å². The standard InChI is InChI=1S/C28H39N5O/c1-21(34)29-24-11-9-23(10-12-24)25-13-14-27(31-30-25)32(2)26-19-28(26)15-17-33(18-16-28)20-22-7-5-3-4-6-8-22/h9-14,22,26H,3-8,15-20H2,1-2H3,(H,29,34)/t26-/m1/s1. The highest BCUT2D eigenvalue weighted by atomic mass is 16.1. The van der Waals surface area contributed by atoms with Crippen molar-refractivity contribution in [1.82, 2.24) is 15.1 Å². The Kier molecular flexibility index (Phi) is 6.87. The van der Waals surface area contributed by atoms with Crippen LogP contribution in [-0.2, 0) is 4.79 Å². The maximum absolute atomic E-state index is 11.2. The number of aromatic nitrogens is 2. The molecule has 3 aliphatic rings. The number of likely N-dealkylation sites (tertiary alicyclic amines) is 1. The zero-order valence-electron chi connectivity index (χ0n) is 20.8. The Morgan fingerprint density at radius 1 is 1.03 bits per heavy atom. The van der Waals surface area contributed by atoms with Gasteiger partial charge in [0.25, 0.3) is 0 Å². The van der Waals surface area contributed by atoms with Gasteiger partial charge in [0.05, 0.1) is 5.69 Å². The minimum atomic E-state index is -0.0666. The number of hydrogen-bond acceptors (Lipinski definition) is 5. The van der Waals surface area contributed by atoms with E-state index in [9.17, 15) is 4.79 Å². The molecule has 0 radical (unpaired) electrons. The summed E-state index contributed by atoms with van der Waals surface area (Å²) in [5.74, 6) is 1.83. The lowest BCUT2D eigenvalue weighted by Crippen LogP contribution is -2.40. The molecule has 182 valence electrons. The van der Waals surface area contributed by atoms with Crippen LogP contribution in [0, 0.1) is 11.3 Å². The van der Waals surface area contributed by atoms with Crippen LogP contribution in [0.2, 0.25) is 0 Å². The van der Waals surface area contributed by atoms with Gasteiger partial charge in [-0.2, -0.15) is 0 Å².